The van der Waals surface area contributed by atoms with Crippen LogP contribution in [-0.4, -0.2) is 18.2 Å². The quantitative estimate of drug-likeness (QED) is 0.271. The highest BCUT2D eigenvalue weighted by Crippen LogP contribution is 2.32. The van der Waals surface area contributed by atoms with E-state index in [1.807, 2.05) is 6.92 Å². The number of ether oxygens (including phenoxy) is 2. The highest BCUT2D eigenvalue weighted by molar-refractivity contribution is 5.72. The summed E-state index contributed by atoms with van der Waals surface area (Å²) in [5.74, 6) is -1.26. The van der Waals surface area contributed by atoms with Crippen LogP contribution in [0.25, 0.3) is 0 Å². The van der Waals surface area contributed by atoms with E-state index in [1.54, 1.807) is 0 Å². The van der Waals surface area contributed by atoms with Crippen LogP contribution in [0.15, 0.2) is 18.2 Å². The first-order valence-corrected chi connectivity index (χ1v) is 9.88. The minimum absolute atomic E-state index is 0.0779. The Balaban J connectivity index is 1.67. The van der Waals surface area contributed by atoms with Crippen molar-refractivity contribution in [3.05, 3.63) is 35.1 Å². The zero-order valence-electron chi connectivity index (χ0n) is 16.4. The lowest BCUT2D eigenvalue weighted by atomic mass is 9.91. The van der Waals surface area contributed by atoms with Crippen LogP contribution in [0.5, 0.6) is 0 Å². The van der Waals surface area contributed by atoms with Crippen molar-refractivity contribution in [3.8, 4) is 0 Å². The fraction of sp³-hybridized carbons (Fsp3) is 0.667. The predicted molar refractivity (Wildman–Crippen MR) is 97.0 cm³/mol. The van der Waals surface area contributed by atoms with Gasteiger partial charge in [-0.15, -0.1) is 0 Å². The first-order valence-electron chi connectivity index (χ1n) is 9.88. The molecular formula is C21H28F4O3. The molecule has 1 aliphatic rings. The van der Waals surface area contributed by atoms with E-state index in [9.17, 15) is 22.4 Å². The molecule has 1 fully saturated rings. The summed E-state index contributed by atoms with van der Waals surface area (Å²) in [6, 6.07) is 2.41. The monoisotopic (exact) mass is 404 g/mol. The van der Waals surface area contributed by atoms with E-state index >= 15 is 0 Å². The molecule has 0 bridgehead atoms. The summed E-state index contributed by atoms with van der Waals surface area (Å²) in [5.41, 5.74) is -0.942. The van der Waals surface area contributed by atoms with Crippen molar-refractivity contribution in [2.24, 2.45) is 5.92 Å². The van der Waals surface area contributed by atoms with Crippen molar-refractivity contribution in [1.29, 1.82) is 0 Å². The van der Waals surface area contributed by atoms with Crippen molar-refractivity contribution in [3.63, 3.8) is 0 Å². The van der Waals surface area contributed by atoms with Crippen molar-refractivity contribution >= 4 is 5.97 Å². The lowest BCUT2D eigenvalue weighted by molar-refractivity contribution is -0.167. The Morgan fingerprint density at radius 2 is 1.89 bits per heavy atom. The molecule has 0 aromatic heterocycles. The van der Waals surface area contributed by atoms with Gasteiger partial charge in [0.25, 0.3) is 0 Å². The van der Waals surface area contributed by atoms with Gasteiger partial charge in [-0.1, -0.05) is 45.6 Å². The molecule has 0 amide bonds. The summed E-state index contributed by atoms with van der Waals surface area (Å²) in [7, 11) is 0. The summed E-state index contributed by atoms with van der Waals surface area (Å²) in [6.45, 7) is 3.90. The lowest BCUT2D eigenvalue weighted by Crippen LogP contribution is -2.39. The normalized spacial score (nSPS) is 20.5. The zero-order chi connectivity index (χ0) is 20.7. The van der Waals surface area contributed by atoms with Gasteiger partial charge in [0, 0.05) is 18.4 Å². The molecule has 0 saturated heterocycles. The summed E-state index contributed by atoms with van der Waals surface area (Å²) < 4.78 is 62.4. The number of halogens is 4. The van der Waals surface area contributed by atoms with Crippen LogP contribution >= 0.6 is 0 Å². The maximum absolute atomic E-state index is 13.8. The van der Waals surface area contributed by atoms with Gasteiger partial charge in [0.05, 0.1) is 24.2 Å². The third-order valence-corrected chi connectivity index (χ3v) is 5.08. The largest absolute Gasteiger partial charge is 0.462 e. The lowest BCUT2D eigenvalue weighted by Gasteiger charge is -2.35. The summed E-state index contributed by atoms with van der Waals surface area (Å²) in [6.07, 6.45) is 1.37. The second kappa shape index (κ2) is 10.2. The van der Waals surface area contributed by atoms with E-state index in [-0.39, 0.29) is 36.3 Å². The number of hydrogen-bond acceptors (Lipinski definition) is 3. The van der Waals surface area contributed by atoms with Crippen LogP contribution in [0.3, 0.4) is 0 Å². The van der Waals surface area contributed by atoms with Crippen molar-refractivity contribution in [2.75, 3.05) is 0 Å². The van der Waals surface area contributed by atoms with E-state index in [0.717, 1.165) is 37.8 Å². The Labute approximate surface area is 163 Å². The van der Waals surface area contributed by atoms with Gasteiger partial charge in [-0.3, -0.25) is 4.79 Å². The summed E-state index contributed by atoms with van der Waals surface area (Å²) in [4.78, 5) is 12.0. The number of carbonyl (C=O) groups is 1. The number of alkyl halides is 3. The average molecular weight is 404 g/mol. The third-order valence-electron chi connectivity index (χ3n) is 5.08. The fourth-order valence-electron chi connectivity index (χ4n) is 3.07. The first-order chi connectivity index (χ1) is 13.2. The van der Waals surface area contributed by atoms with Gasteiger partial charge < -0.3 is 9.47 Å². The van der Waals surface area contributed by atoms with Crippen molar-refractivity contribution in [2.45, 2.75) is 83.8 Å². The fourth-order valence-corrected chi connectivity index (χ4v) is 3.07. The number of rotatable bonds is 10. The number of benzene rings is 1. The van der Waals surface area contributed by atoms with Gasteiger partial charge in [0.15, 0.2) is 0 Å². The topological polar surface area (TPSA) is 35.5 Å². The standard InChI is InChI=1S/C21H28F4O3/c1-3-4-5-6-7-14(2)20(26)28-18-11-17(12-18)27-13-15-8-9-16(10-19(15)22)21(23,24)25/h8-10,14,17-18H,3-7,11-13H2,1-2H3. The molecule has 0 heterocycles. The Bertz CT molecular complexity index is 639. The van der Waals surface area contributed by atoms with Crippen LogP contribution in [0, 0.1) is 11.7 Å². The maximum atomic E-state index is 13.8. The van der Waals surface area contributed by atoms with E-state index in [1.165, 1.54) is 6.42 Å². The van der Waals surface area contributed by atoms with Gasteiger partial charge in [0.1, 0.15) is 11.9 Å². The highest BCUT2D eigenvalue weighted by atomic mass is 19.4. The van der Waals surface area contributed by atoms with Crippen LogP contribution in [0.2, 0.25) is 0 Å². The first kappa shape index (κ1) is 22.7. The summed E-state index contributed by atoms with van der Waals surface area (Å²) in [5, 5.41) is 0. The zero-order valence-corrected chi connectivity index (χ0v) is 16.4. The number of hydrogen-bond donors (Lipinski definition) is 0. The molecule has 3 nitrogen and oxygen atoms in total. The average Bonchev–Trinajstić information content (AvgIpc) is 2.60. The molecule has 1 saturated carbocycles. The molecule has 1 unspecified atom stereocenters. The number of carbonyl (C=O) groups excluding carboxylic acids is 1. The molecule has 1 aromatic rings. The van der Waals surface area contributed by atoms with Gasteiger partial charge in [0.2, 0.25) is 0 Å². The molecule has 0 radical (unpaired) electrons. The number of unbranched alkanes of at least 4 members (excludes halogenated alkanes) is 3. The minimum atomic E-state index is -4.57. The molecule has 1 aliphatic carbocycles. The highest BCUT2D eigenvalue weighted by Gasteiger charge is 2.34. The van der Waals surface area contributed by atoms with Crippen molar-refractivity contribution in [1.82, 2.24) is 0 Å². The predicted octanol–water partition coefficient (Wildman–Crippen LogP) is 6.04. The van der Waals surface area contributed by atoms with E-state index in [2.05, 4.69) is 6.92 Å². The molecule has 0 N–H and O–H groups in total. The Morgan fingerprint density at radius 1 is 1.18 bits per heavy atom. The van der Waals surface area contributed by atoms with E-state index in [0.29, 0.717) is 18.9 Å². The molecule has 1 aromatic carbocycles. The Kier molecular flexibility index (Phi) is 8.28. The van der Waals surface area contributed by atoms with Crippen molar-refractivity contribution < 1.29 is 31.8 Å². The molecule has 0 spiro atoms. The molecule has 28 heavy (non-hydrogen) atoms. The maximum Gasteiger partial charge on any atom is 0.416 e. The Hall–Kier alpha value is -1.63. The van der Waals surface area contributed by atoms with Crippen LogP contribution in [0.4, 0.5) is 17.6 Å². The molecular weight excluding hydrogens is 376 g/mol. The molecule has 158 valence electrons. The van der Waals surface area contributed by atoms with Crippen LogP contribution < -0.4 is 0 Å². The van der Waals surface area contributed by atoms with E-state index < -0.39 is 17.6 Å². The van der Waals surface area contributed by atoms with Gasteiger partial charge in [-0.05, 0) is 18.6 Å². The molecule has 7 heteroatoms. The number of esters is 1. The van der Waals surface area contributed by atoms with E-state index in [4.69, 9.17) is 9.47 Å². The summed E-state index contributed by atoms with van der Waals surface area (Å²) >= 11 is 0. The van der Waals surface area contributed by atoms with Crippen LogP contribution in [0.1, 0.15) is 69.9 Å². The molecule has 1 atom stereocenters. The second-order valence-electron chi connectivity index (χ2n) is 7.52. The van der Waals surface area contributed by atoms with Gasteiger partial charge in [-0.2, -0.15) is 13.2 Å². The minimum Gasteiger partial charge on any atom is -0.462 e. The third kappa shape index (κ3) is 6.76. The molecule has 0 aliphatic heterocycles. The molecule has 2 rings (SSSR count). The SMILES string of the molecule is CCCCCCC(C)C(=O)OC1CC(OCc2ccc(C(F)(F)F)cc2F)C1. The Morgan fingerprint density at radius 3 is 2.50 bits per heavy atom. The van der Waals surface area contributed by atoms with Gasteiger partial charge >= 0.3 is 12.1 Å². The van der Waals surface area contributed by atoms with Gasteiger partial charge in [-0.25, -0.2) is 4.39 Å². The second-order valence-corrected chi connectivity index (χ2v) is 7.52. The smallest absolute Gasteiger partial charge is 0.416 e. The van der Waals surface area contributed by atoms with Crippen LogP contribution in [-0.2, 0) is 27.1 Å².